The number of hydrogen-bond donors (Lipinski definition) is 1. The maximum atomic E-state index is 5.31. The number of rotatable bonds is 6. The molecule has 0 aliphatic carbocycles. The number of halogens is 1. The molecule has 1 unspecified atom stereocenters. The van der Waals surface area contributed by atoms with Gasteiger partial charge in [-0.2, -0.15) is 0 Å². The second-order valence-electron chi connectivity index (χ2n) is 4.98. The lowest BCUT2D eigenvalue weighted by molar-refractivity contribution is 0.412. The average Bonchev–Trinajstić information content (AvgIpc) is 2.52. The molecule has 112 valence electrons. The molecule has 21 heavy (non-hydrogen) atoms. The molecule has 0 fully saturated rings. The van der Waals surface area contributed by atoms with Gasteiger partial charge < -0.3 is 10.1 Å². The lowest BCUT2D eigenvalue weighted by Gasteiger charge is -2.20. The fourth-order valence-electron chi connectivity index (χ4n) is 2.49. The molecule has 1 atom stereocenters. The van der Waals surface area contributed by atoms with E-state index < -0.39 is 0 Å². The van der Waals surface area contributed by atoms with Crippen molar-refractivity contribution < 1.29 is 4.74 Å². The Balaban J connectivity index is 2.40. The van der Waals surface area contributed by atoms with Gasteiger partial charge >= 0.3 is 0 Å². The van der Waals surface area contributed by atoms with Crippen LogP contribution in [0.1, 0.15) is 36.6 Å². The van der Waals surface area contributed by atoms with Crippen LogP contribution < -0.4 is 10.1 Å². The van der Waals surface area contributed by atoms with Crippen LogP contribution in [0.4, 0.5) is 0 Å². The third-order valence-electron chi connectivity index (χ3n) is 3.61. The Kier molecular flexibility index (Phi) is 5.83. The largest absolute Gasteiger partial charge is 0.496 e. The molecular formula is C18H22BrNO. The number of ether oxygens (including phenoxy) is 1. The molecule has 2 rings (SSSR count). The van der Waals surface area contributed by atoms with Crippen LogP contribution in [0.2, 0.25) is 0 Å². The maximum absolute atomic E-state index is 5.31. The summed E-state index contributed by atoms with van der Waals surface area (Å²) in [6.45, 7) is 5.24. The van der Waals surface area contributed by atoms with Crippen LogP contribution in [0.5, 0.6) is 5.75 Å². The van der Waals surface area contributed by atoms with Crippen molar-refractivity contribution >= 4 is 15.9 Å². The SMILES string of the molecule is CCNC(c1cccc(CC)c1)c1ccc(OC)c(Br)c1. The Morgan fingerprint density at radius 1 is 1.10 bits per heavy atom. The Morgan fingerprint density at radius 3 is 2.48 bits per heavy atom. The summed E-state index contributed by atoms with van der Waals surface area (Å²) in [5.74, 6) is 0.858. The van der Waals surface area contributed by atoms with E-state index in [1.54, 1.807) is 7.11 Å². The van der Waals surface area contributed by atoms with Crippen molar-refractivity contribution in [1.82, 2.24) is 5.32 Å². The van der Waals surface area contributed by atoms with Crippen molar-refractivity contribution in [2.24, 2.45) is 0 Å². The molecule has 0 saturated heterocycles. The van der Waals surface area contributed by atoms with Crippen LogP contribution in [-0.2, 0) is 6.42 Å². The summed E-state index contributed by atoms with van der Waals surface area (Å²) in [7, 11) is 1.69. The number of aryl methyl sites for hydroxylation is 1. The van der Waals surface area contributed by atoms with E-state index in [1.807, 2.05) is 6.07 Å². The zero-order chi connectivity index (χ0) is 15.2. The number of benzene rings is 2. The van der Waals surface area contributed by atoms with Crippen molar-refractivity contribution in [2.45, 2.75) is 26.3 Å². The van der Waals surface area contributed by atoms with Gasteiger partial charge in [-0.05, 0) is 57.7 Å². The van der Waals surface area contributed by atoms with E-state index in [9.17, 15) is 0 Å². The highest BCUT2D eigenvalue weighted by molar-refractivity contribution is 9.10. The molecule has 2 nitrogen and oxygen atoms in total. The zero-order valence-corrected chi connectivity index (χ0v) is 14.4. The van der Waals surface area contributed by atoms with Crippen molar-refractivity contribution in [3.8, 4) is 5.75 Å². The lowest BCUT2D eigenvalue weighted by atomic mass is 9.96. The van der Waals surface area contributed by atoms with E-state index in [0.717, 1.165) is 23.2 Å². The predicted molar refractivity (Wildman–Crippen MR) is 92.0 cm³/mol. The summed E-state index contributed by atoms with van der Waals surface area (Å²) in [5, 5.41) is 3.57. The number of nitrogens with one attached hydrogen (secondary N) is 1. The van der Waals surface area contributed by atoms with Gasteiger partial charge in [0.05, 0.1) is 17.6 Å². The third kappa shape index (κ3) is 3.86. The first-order valence-electron chi connectivity index (χ1n) is 7.35. The normalized spacial score (nSPS) is 12.2. The maximum Gasteiger partial charge on any atom is 0.133 e. The van der Waals surface area contributed by atoms with Crippen molar-refractivity contribution in [1.29, 1.82) is 0 Å². The Bertz CT molecular complexity index is 598. The molecule has 0 bridgehead atoms. The first-order valence-corrected chi connectivity index (χ1v) is 8.14. The van der Waals surface area contributed by atoms with E-state index in [2.05, 4.69) is 71.5 Å². The molecule has 0 aliphatic rings. The van der Waals surface area contributed by atoms with E-state index in [4.69, 9.17) is 4.74 Å². The molecule has 0 radical (unpaired) electrons. The van der Waals surface area contributed by atoms with Gasteiger partial charge in [-0.3, -0.25) is 0 Å². The van der Waals surface area contributed by atoms with Crippen LogP contribution in [0.15, 0.2) is 46.9 Å². The summed E-state index contributed by atoms with van der Waals surface area (Å²) in [6, 6.07) is 15.2. The molecule has 0 aromatic heterocycles. The average molecular weight is 348 g/mol. The lowest BCUT2D eigenvalue weighted by Crippen LogP contribution is -2.22. The first-order chi connectivity index (χ1) is 10.2. The number of hydrogen-bond acceptors (Lipinski definition) is 2. The smallest absolute Gasteiger partial charge is 0.133 e. The summed E-state index contributed by atoms with van der Waals surface area (Å²) in [6.07, 6.45) is 1.05. The molecule has 0 saturated carbocycles. The molecule has 0 heterocycles. The topological polar surface area (TPSA) is 21.3 Å². The van der Waals surface area contributed by atoms with Crippen LogP contribution in [-0.4, -0.2) is 13.7 Å². The number of methoxy groups -OCH3 is 1. The minimum absolute atomic E-state index is 0.198. The Morgan fingerprint density at radius 2 is 1.86 bits per heavy atom. The van der Waals surface area contributed by atoms with Gasteiger partial charge in [-0.25, -0.2) is 0 Å². The summed E-state index contributed by atoms with van der Waals surface area (Å²) in [4.78, 5) is 0. The molecular weight excluding hydrogens is 326 g/mol. The second-order valence-corrected chi connectivity index (χ2v) is 5.84. The van der Waals surface area contributed by atoms with E-state index in [0.29, 0.717) is 0 Å². The van der Waals surface area contributed by atoms with Gasteiger partial charge in [-0.1, -0.05) is 44.2 Å². The summed E-state index contributed by atoms with van der Waals surface area (Å²) in [5.41, 5.74) is 3.90. The van der Waals surface area contributed by atoms with E-state index in [1.165, 1.54) is 16.7 Å². The van der Waals surface area contributed by atoms with Crippen LogP contribution in [0.3, 0.4) is 0 Å². The quantitative estimate of drug-likeness (QED) is 0.816. The van der Waals surface area contributed by atoms with Crippen LogP contribution in [0, 0.1) is 0 Å². The van der Waals surface area contributed by atoms with E-state index in [-0.39, 0.29) is 6.04 Å². The highest BCUT2D eigenvalue weighted by Crippen LogP contribution is 2.31. The summed E-state index contributed by atoms with van der Waals surface area (Å²) < 4.78 is 6.30. The van der Waals surface area contributed by atoms with E-state index >= 15 is 0 Å². The molecule has 1 N–H and O–H groups in total. The van der Waals surface area contributed by atoms with Crippen LogP contribution >= 0.6 is 15.9 Å². The van der Waals surface area contributed by atoms with Crippen LogP contribution in [0.25, 0.3) is 0 Å². The Hall–Kier alpha value is -1.32. The molecule has 2 aromatic carbocycles. The first kappa shape index (κ1) is 16.1. The summed E-state index contributed by atoms with van der Waals surface area (Å²) >= 11 is 3.57. The fraction of sp³-hybridized carbons (Fsp3) is 0.333. The minimum atomic E-state index is 0.198. The highest BCUT2D eigenvalue weighted by atomic mass is 79.9. The molecule has 3 heteroatoms. The predicted octanol–water partition coefficient (Wildman–Crippen LogP) is 4.72. The Labute approximate surface area is 135 Å². The molecule has 0 amide bonds. The van der Waals surface area contributed by atoms with Gasteiger partial charge in [0.15, 0.2) is 0 Å². The van der Waals surface area contributed by atoms with Gasteiger partial charge in [-0.15, -0.1) is 0 Å². The molecule has 0 aliphatic heterocycles. The van der Waals surface area contributed by atoms with Gasteiger partial charge in [0.1, 0.15) is 5.75 Å². The standard InChI is InChI=1S/C18H22BrNO/c1-4-13-7-6-8-14(11-13)18(20-5-2)15-9-10-17(21-3)16(19)12-15/h6-12,18,20H,4-5H2,1-3H3. The van der Waals surface area contributed by atoms with Gasteiger partial charge in [0, 0.05) is 0 Å². The van der Waals surface area contributed by atoms with Crippen molar-refractivity contribution in [3.63, 3.8) is 0 Å². The third-order valence-corrected chi connectivity index (χ3v) is 4.23. The van der Waals surface area contributed by atoms with Crippen molar-refractivity contribution in [3.05, 3.63) is 63.6 Å². The minimum Gasteiger partial charge on any atom is -0.496 e. The fourth-order valence-corrected chi connectivity index (χ4v) is 3.05. The molecule has 2 aromatic rings. The molecule has 0 spiro atoms. The van der Waals surface area contributed by atoms with Gasteiger partial charge in [0.25, 0.3) is 0 Å². The zero-order valence-electron chi connectivity index (χ0n) is 12.8. The van der Waals surface area contributed by atoms with Crippen molar-refractivity contribution in [2.75, 3.05) is 13.7 Å². The highest BCUT2D eigenvalue weighted by Gasteiger charge is 2.14. The second kappa shape index (κ2) is 7.62. The monoisotopic (exact) mass is 347 g/mol. The van der Waals surface area contributed by atoms with Gasteiger partial charge in [0.2, 0.25) is 0 Å².